The van der Waals surface area contributed by atoms with Crippen LogP contribution in [0.15, 0.2) is 17.5 Å². The van der Waals surface area contributed by atoms with E-state index in [1.165, 1.54) is 4.88 Å². The molecule has 0 aliphatic carbocycles. The topological polar surface area (TPSA) is 41.6 Å². The minimum atomic E-state index is 0.0292. The minimum absolute atomic E-state index is 0.0292. The summed E-state index contributed by atoms with van der Waals surface area (Å²) in [6.07, 6.45) is 0.563. The largest absolute Gasteiger partial charge is 0.379 e. The molecule has 4 nitrogen and oxygen atoms in total. The summed E-state index contributed by atoms with van der Waals surface area (Å²) in [5.41, 5.74) is 0.0292. The maximum Gasteiger partial charge on any atom is 0.220 e. The average molecular weight is 310 g/mol. The Bertz CT molecular complexity index is 434. The molecule has 1 unspecified atom stereocenters. The summed E-state index contributed by atoms with van der Waals surface area (Å²) >= 11 is 1.76. The predicted octanol–water partition coefficient (Wildman–Crippen LogP) is 2.67. The summed E-state index contributed by atoms with van der Waals surface area (Å²) < 4.78 is 5.43. The quantitative estimate of drug-likeness (QED) is 0.909. The third-order valence-electron chi connectivity index (χ3n) is 3.54. The average Bonchev–Trinajstić information content (AvgIpc) is 2.92. The molecule has 0 radical (unpaired) electrons. The molecule has 1 saturated heterocycles. The van der Waals surface area contributed by atoms with Crippen molar-refractivity contribution in [2.45, 2.75) is 33.2 Å². The molecule has 0 saturated carbocycles. The van der Waals surface area contributed by atoms with Crippen molar-refractivity contribution >= 4 is 17.2 Å². The maximum absolute atomic E-state index is 12.1. The third kappa shape index (κ3) is 5.41. The van der Waals surface area contributed by atoms with Crippen molar-refractivity contribution in [1.29, 1.82) is 0 Å². The van der Waals surface area contributed by atoms with Crippen LogP contribution >= 0.6 is 11.3 Å². The molecule has 1 aliphatic rings. The highest BCUT2D eigenvalue weighted by molar-refractivity contribution is 7.10. The van der Waals surface area contributed by atoms with Crippen LogP contribution in [0.3, 0.4) is 0 Å². The number of nitrogens with zero attached hydrogens (tertiary/aromatic N) is 1. The van der Waals surface area contributed by atoms with Crippen molar-refractivity contribution in [2.24, 2.45) is 5.41 Å². The third-order valence-corrected chi connectivity index (χ3v) is 4.52. The van der Waals surface area contributed by atoms with Crippen LogP contribution in [0.2, 0.25) is 0 Å². The number of thiophene rings is 1. The van der Waals surface area contributed by atoms with Gasteiger partial charge >= 0.3 is 0 Å². The van der Waals surface area contributed by atoms with Gasteiger partial charge in [0.1, 0.15) is 0 Å². The van der Waals surface area contributed by atoms with E-state index in [1.807, 2.05) is 0 Å². The van der Waals surface area contributed by atoms with E-state index in [1.54, 1.807) is 11.3 Å². The van der Waals surface area contributed by atoms with E-state index in [0.717, 1.165) is 26.3 Å². The minimum Gasteiger partial charge on any atom is -0.379 e. The Labute approximate surface area is 131 Å². The summed E-state index contributed by atoms with van der Waals surface area (Å²) in [5, 5.41) is 5.21. The van der Waals surface area contributed by atoms with Gasteiger partial charge in [0.25, 0.3) is 0 Å². The highest BCUT2D eigenvalue weighted by atomic mass is 32.1. The summed E-state index contributed by atoms with van der Waals surface area (Å²) in [6, 6.07) is 4.49. The molecular weight excluding hydrogens is 284 g/mol. The van der Waals surface area contributed by atoms with Gasteiger partial charge in [0, 0.05) is 30.9 Å². The molecule has 0 aromatic carbocycles. The zero-order valence-corrected chi connectivity index (χ0v) is 14.0. The van der Waals surface area contributed by atoms with E-state index in [0.29, 0.717) is 13.0 Å². The Balaban J connectivity index is 1.95. The van der Waals surface area contributed by atoms with Gasteiger partial charge in [-0.15, -0.1) is 11.3 Å². The molecule has 118 valence electrons. The SMILES string of the molecule is CC(C)(C)CC(=O)NCC(c1cccs1)N1CCOCC1. The summed E-state index contributed by atoms with van der Waals surface area (Å²) in [4.78, 5) is 15.8. The van der Waals surface area contributed by atoms with Gasteiger partial charge in [-0.25, -0.2) is 0 Å². The monoisotopic (exact) mass is 310 g/mol. The molecule has 5 heteroatoms. The van der Waals surface area contributed by atoms with Gasteiger partial charge in [0.2, 0.25) is 5.91 Å². The second kappa shape index (κ2) is 7.38. The molecule has 1 N–H and O–H groups in total. The lowest BCUT2D eigenvalue weighted by Crippen LogP contribution is -2.43. The number of hydrogen-bond acceptors (Lipinski definition) is 4. The first-order valence-electron chi connectivity index (χ1n) is 7.57. The van der Waals surface area contributed by atoms with Crippen LogP contribution in [0.1, 0.15) is 38.1 Å². The Morgan fingerprint density at radius 1 is 1.43 bits per heavy atom. The second-order valence-corrected chi connectivity index (χ2v) is 7.70. The zero-order valence-electron chi connectivity index (χ0n) is 13.2. The first kappa shape index (κ1) is 16.5. The molecule has 0 bridgehead atoms. The number of morpholine rings is 1. The van der Waals surface area contributed by atoms with Gasteiger partial charge in [-0.2, -0.15) is 0 Å². The van der Waals surface area contributed by atoms with Crippen molar-refractivity contribution in [2.75, 3.05) is 32.8 Å². The first-order valence-corrected chi connectivity index (χ1v) is 8.45. The van der Waals surface area contributed by atoms with Crippen LogP contribution in [-0.4, -0.2) is 43.7 Å². The highest BCUT2D eigenvalue weighted by Crippen LogP contribution is 2.25. The van der Waals surface area contributed by atoms with Crippen molar-refractivity contribution in [1.82, 2.24) is 10.2 Å². The lowest BCUT2D eigenvalue weighted by molar-refractivity contribution is -0.123. The smallest absolute Gasteiger partial charge is 0.220 e. The fraction of sp³-hybridized carbons (Fsp3) is 0.688. The van der Waals surface area contributed by atoms with Crippen LogP contribution in [0.25, 0.3) is 0 Å². The molecule has 0 spiro atoms. The molecule has 1 atom stereocenters. The van der Waals surface area contributed by atoms with Crippen molar-refractivity contribution in [3.63, 3.8) is 0 Å². The Morgan fingerprint density at radius 2 is 2.14 bits per heavy atom. The van der Waals surface area contributed by atoms with Crippen LogP contribution in [0.4, 0.5) is 0 Å². The van der Waals surface area contributed by atoms with Crippen molar-refractivity contribution < 1.29 is 9.53 Å². The van der Waals surface area contributed by atoms with Gasteiger partial charge < -0.3 is 10.1 Å². The van der Waals surface area contributed by atoms with E-state index >= 15 is 0 Å². The summed E-state index contributed by atoms with van der Waals surface area (Å²) in [5.74, 6) is 0.136. The maximum atomic E-state index is 12.1. The molecule has 2 rings (SSSR count). The number of ether oxygens (including phenoxy) is 1. The van der Waals surface area contributed by atoms with E-state index in [4.69, 9.17) is 4.74 Å². The Kier molecular flexibility index (Phi) is 5.79. The van der Waals surface area contributed by atoms with Crippen LogP contribution in [0.5, 0.6) is 0 Å². The number of carbonyl (C=O) groups is 1. The number of nitrogens with one attached hydrogen (secondary N) is 1. The summed E-state index contributed by atoms with van der Waals surface area (Å²) in [6.45, 7) is 10.3. The lowest BCUT2D eigenvalue weighted by atomic mass is 9.92. The number of amides is 1. The molecule has 2 heterocycles. The van der Waals surface area contributed by atoms with Crippen LogP contribution < -0.4 is 5.32 Å². The van der Waals surface area contributed by atoms with Gasteiger partial charge in [0.05, 0.1) is 19.3 Å². The van der Waals surface area contributed by atoms with Crippen molar-refractivity contribution in [3.05, 3.63) is 22.4 Å². The highest BCUT2D eigenvalue weighted by Gasteiger charge is 2.24. The standard InChI is InChI=1S/C16H26N2O2S/c1-16(2,3)11-15(19)17-12-13(14-5-4-10-21-14)18-6-8-20-9-7-18/h4-5,10,13H,6-9,11-12H2,1-3H3,(H,17,19). The molecule has 1 aromatic rings. The van der Waals surface area contributed by atoms with E-state index < -0.39 is 0 Å². The molecule has 1 fully saturated rings. The first-order chi connectivity index (χ1) is 9.96. The number of carbonyl (C=O) groups excluding carboxylic acids is 1. The van der Waals surface area contributed by atoms with Crippen molar-refractivity contribution in [3.8, 4) is 0 Å². The predicted molar refractivity (Wildman–Crippen MR) is 86.5 cm³/mol. The Hall–Kier alpha value is -0.910. The fourth-order valence-corrected chi connectivity index (χ4v) is 3.40. The van der Waals surface area contributed by atoms with E-state index in [-0.39, 0.29) is 17.4 Å². The lowest BCUT2D eigenvalue weighted by Gasteiger charge is -2.34. The molecule has 1 aliphatic heterocycles. The summed E-state index contributed by atoms with van der Waals surface area (Å²) in [7, 11) is 0. The zero-order chi connectivity index (χ0) is 15.3. The molecule has 1 amide bonds. The normalized spacial score (nSPS) is 18.4. The molecule has 21 heavy (non-hydrogen) atoms. The number of hydrogen-bond donors (Lipinski definition) is 1. The van der Waals surface area contributed by atoms with Gasteiger partial charge in [-0.1, -0.05) is 26.8 Å². The Morgan fingerprint density at radius 3 is 2.71 bits per heavy atom. The fourth-order valence-electron chi connectivity index (χ4n) is 2.53. The molecule has 1 aromatic heterocycles. The van der Waals surface area contributed by atoms with Gasteiger partial charge in [-0.3, -0.25) is 9.69 Å². The molecular formula is C16H26N2O2S. The number of rotatable bonds is 5. The van der Waals surface area contributed by atoms with Crippen LogP contribution in [-0.2, 0) is 9.53 Å². The van der Waals surface area contributed by atoms with E-state index in [2.05, 4.69) is 48.5 Å². The van der Waals surface area contributed by atoms with Gasteiger partial charge in [0.15, 0.2) is 0 Å². The second-order valence-electron chi connectivity index (χ2n) is 6.72. The van der Waals surface area contributed by atoms with Crippen LogP contribution in [0, 0.1) is 5.41 Å². The van der Waals surface area contributed by atoms with E-state index in [9.17, 15) is 4.79 Å². The van der Waals surface area contributed by atoms with Gasteiger partial charge in [-0.05, 0) is 16.9 Å².